The molecule has 11 heteroatoms. The fourth-order valence-electron chi connectivity index (χ4n) is 4.80. The van der Waals surface area contributed by atoms with Gasteiger partial charge in [-0.25, -0.2) is 4.39 Å². The highest BCUT2D eigenvalue weighted by Gasteiger charge is 2.30. The Bertz CT molecular complexity index is 2420. The third-order valence-electron chi connectivity index (χ3n) is 7.36. The Hall–Kier alpha value is -3.96. The van der Waals surface area contributed by atoms with Gasteiger partial charge < -0.3 is 14.4 Å². The standard InChI is InChI=1S/C36H38F4N4O2S/c1-3-42(4-2)20-21-43(22-25-8-12-27(13-9-25)28-14-16-29(17-15-28)36(38,39)40)33(45)23-44-32-7-5-6-31(32)34(46)41-35(44)47-24-26-10-18-30(37)19-11-26/h8-19H,3-7,20-24H2,1-2H3/i8D,9D,10D,11D,12D,13D,14D,15D,16D,17D,18D,19D,23D2. The van der Waals surface area contributed by atoms with Crippen LogP contribution in [0.15, 0.2) is 82.5 Å². The van der Waals surface area contributed by atoms with Crippen molar-refractivity contribution in [3.8, 4) is 11.1 Å². The number of hydrogen-bond acceptors (Lipinski definition) is 5. The van der Waals surface area contributed by atoms with Gasteiger partial charge in [-0.3, -0.25) is 9.59 Å². The van der Waals surface area contributed by atoms with Crippen molar-refractivity contribution in [3.63, 3.8) is 0 Å². The second-order valence-corrected chi connectivity index (χ2v) is 11.3. The van der Waals surface area contributed by atoms with E-state index >= 15 is 0 Å². The summed E-state index contributed by atoms with van der Waals surface area (Å²) in [5.74, 6) is -3.14. The Morgan fingerprint density at radius 3 is 2.17 bits per heavy atom. The predicted octanol–water partition coefficient (Wildman–Crippen LogP) is 7.22. The monoisotopic (exact) mass is 680 g/mol. The van der Waals surface area contributed by atoms with Crippen molar-refractivity contribution in [1.82, 2.24) is 19.4 Å². The first kappa shape index (κ1) is 20.4. The van der Waals surface area contributed by atoms with Gasteiger partial charge in [0.25, 0.3) is 5.56 Å². The molecule has 6 nitrogen and oxygen atoms in total. The van der Waals surface area contributed by atoms with Crippen molar-refractivity contribution in [2.24, 2.45) is 0 Å². The molecule has 1 heterocycles. The van der Waals surface area contributed by atoms with E-state index < -0.39 is 137 Å². The lowest BCUT2D eigenvalue weighted by atomic mass is 10.0. The van der Waals surface area contributed by atoms with Crippen LogP contribution in [0, 0.1) is 5.82 Å². The van der Waals surface area contributed by atoms with Crippen LogP contribution in [0.4, 0.5) is 17.6 Å². The molecule has 0 radical (unpaired) electrons. The normalized spacial score (nSPS) is 17.3. The number of rotatable bonds is 13. The molecule has 5 rings (SSSR count). The predicted molar refractivity (Wildman–Crippen MR) is 177 cm³/mol. The summed E-state index contributed by atoms with van der Waals surface area (Å²) in [6.07, 6.45) is -4.61. The third kappa shape index (κ3) is 8.70. The Morgan fingerprint density at radius 2 is 1.55 bits per heavy atom. The van der Waals surface area contributed by atoms with Gasteiger partial charge in [-0.15, -0.1) is 0 Å². The summed E-state index contributed by atoms with van der Waals surface area (Å²) in [6, 6.07) is -12.6. The van der Waals surface area contributed by atoms with Crippen LogP contribution in [0.2, 0.25) is 0 Å². The topological polar surface area (TPSA) is 58.4 Å². The van der Waals surface area contributed by atoms with Crippen LogP contribution in [0.1, 0.15) is 67.4 Å². The number of thioether (sulfide) groups is 1. The van der Waals surface area contributed by atoms with Crippen LogP contribution in [0.5, 0.6) is 0 Å². The van der Waals surface area contributed by atoms with Crippen molar-refractivity contribution in [1.29, 1.82) is 0 Å². The fourth-order valence-corrected chi connectivity index (χ4v) is 5.65. The molecule has 4 aromatic rings. The summed E-state index contributed by atoms with van der Waals surface area (Å²) in [6.45, 7) is 0.537. The van der Waals surface area contributed by atoms with Crippen LogP contribution in [-0.2, 0) is 42.6 Å². The van der Waals surface area contributed by atoms with E-state index in [2.05, 4.69) is 4.98 Å². The molecule has 0 bridgehead atoms. The van der Waals surface area contributed by atoms with Crippen molar-refractivity contribution in [2.45, 2.75) is 63.2 Å². The van der Waals surface area contributed by atoms with E-state index in [0.717, 1.165) is 9.47 Å². The molecule has 0 saturated carbocycles. The van der Waals surface area contributed by atoms with Crippen LogP contribution < -0.4 is 5.56 Å². The van der Waals surface area contributed by atoms with Gasteiger partial charge in [0.05, 0.1) is 24.8 Å². The summed E-state index contributed by atoms with van der Waals surface area (Å²) in [7, 11) is 0. The van der Waals surface area contributed by atoms with Gasteiger partial charge in [-0.2, -0.15) is 18.2 Å². The Morgan fingerprint density at radius 1 is 0.936 bits per heavy atom. The number of nitrogens with zero attached hydrogens (tertiary/aromatic N) is 4. The van der Waals surface area contributed by atoms with E-state index in [1.165, 1.54) is 0 Å². The second-order valence-electron chi connectivity index (χ2n) is 10.4. The van der Waals surface area contributed by atoms with Crippen LogP contribution >= 0.6 is 11.8 Å². The van der Waals surface area contributed by atoms with Gasteiger partial charge in [0, 0.05) is 36.6 Å². The van der Waals surface area contributed by atoms with Crippen molar-refractivity contribution >= 4 is 17.7 Å². The second kappa shape index (κ2) is 15.3. The van der Waals surface area contributed by atoms with Crippen molar-refractivity contribution < 1.29 is 41.5 Å². The number of amides is 1. The summed E-state index contributed by atoms with van der Waals surface area (Å²) >= 11 is 0.607. The number of alkyl halides is 3. The van der Waals surface area contributed by atoms with Crippen LogP contribution in [-0.4, -0.2) is 51.4 Å². The molecule has 248 valence electrons. The molecule has 47 heavy (non-hydrogen) atoms. The van der Waals surface area contributed by atoms with E-state index in [1.54, 1.807) is 0 Å². The van der Waals surface area contributed by atoms with Gasteiger partial charge in [-0.05, 0) is 78.8 Å². The number of fused-ring (bicyclic) bond motifs is 1. The molecule has 0 aliphatic heterocycles. The average molecular weight is 681 g/mol. The third-order valence-corrected chi connectivity index (χ3v) is 8.32. The molecule has 0 N–H and O–H groups in total. The molecule has 0 spiro atoms. The van der Waals surface area contributed by atoms with Gasteiger partial charge in [0.1, 0.15) is 12.3 Å². The molecule has 1 aliphatic carbocycles. The molecule has 0 saturated heterocycles. The largest absolute Gasteiger partial charge is 0.416 e. The van der Waals surface area contributed by atoms with Gasteiger partial charge in [-0.1, -0.05) is 73.9 Å². The van der Waals surface area contributed by atoms with E-state index in [1.807, 2.05) is 18.7 Å². The summed E-state index contributed by atoms with van der Waals surface area (Å²) in [5, 5.41) is -0.390. The molecule has 0 fully saturated rings. The van der Waals surface area contributed by atoms with Crippen molar-refractivity contribution in [2.75, 3.05) is 26.2 Å². The zero-order chi connectivity index (χ0) is 45.8. The number of halogens is 4. The maximum absolute atomic E-state index is 14.7. The Balaban J connectivity index is 1.65. The molecule has 3 aromatic carbocycles. The number of aromatic nitrogens is 2. The van der Waals surface area contributed by atoms with Crippen LogP contribution in [0.3, 0.4) is 0 Å². The van der Waals surface area contributed by atoms with Gasteiger partial charge in [0.2, 0.25) is 5.91 Å². The molecular formula is C36H38F4N4O2S. The van der Waals surface area contributed by atoms with Gasteiger partial charge >= 0.3 is 6.18 Å². The first-order valence-electron chi connectivity index (χ1n) is 21.7. The summed E-state index contributed by atoms with van der Waals surface area (Å²) < 4.78 is 175. The summed E-state index contributed by atoms with van der Waals surface area (Å²) in [5.41, 5.74) is -4.92. The maximum atomic E-state index is 14.7. The molecule has 1 aliphatic rings. The molecular weight excluding hydrogens is 628 g/mol. The smallest absolute Gasteiger partial charge is 0.336 e. The fraction of sp³-hybridized carbons (Fsp3) is 0.361. The highest BCUT2D eigenvalue weighted by molar-refractivity contribution is 7.98. The zero-order valence-corrected chi connectivity index (χ0v) is 26.2. The van der Waals surface area contributed by atoms with E-state index in [9.17, 15) is 29.9 Å². The minimum absolute atomic E-state index is 0.105. The minimum Gasteiger partial charge on any atom is -0.336 e. The molecule has 1 aromatic heterocycles. The lowest BCUT2D eigenvalue weighted by Crippen LogP contribution is -2.40. The van der Waals surface area contributed by atoms with E-state index in [4.69, 9.17) is 16.4 Å². The van der Waals surface area contributed by atoms with E-state index in [0.29, 0.717) is 31.3 Å². The van der Waals surface area contributed by atoms with Gasteiger partial charge in [0.15, 0.2) is 5.16 Å². The van der Waals surface area contributed by atoms with Crippen LogP contribution in [0.25, 0.3) is 11.1 Å². The van der Waals surface area contributed by atoms with Crippen molar-refractivity contribution in [3.05, 3.63) is 117 Å². The number of benzene rings is 3. The lowest BCUT2D eigenvalue weighted by molar-refractivity contribution is -0.137. The number of hydrogen-bond donors (Lipinski definition) is 0. The molecule has 1 amide bonds. The molecule has 0 unspecified atom stereocenters. The lowest BCUT2D eigenvalue weighted by Gasteiger charge is -2.28. The SMILES string of the molecule is [2H]c1c([2H])c(CSc2nc(=O)c3c(n2C([2H])([2H])C(=O)N(CCN(CC)CC)Cc2c([2H])c([2H])c(-c4c([2H])c([2H])c(C(F)(F)F)c([2H])c4[2H])c([2H])c2[2H])CCC3)c([2H])c([2H])c1F. The number of carbonyl (C=O) groups is 1. The highest BCUT2D eigenvalue weighted by atomic mass is 32.2. The van der Waals surface area contributed by atoms with E-state index in [-0.39, 0.29) is 47.9 Å². The number of likely N-dealkylation sites (N-methyl/N-ethyl adjacent to an activating group) is 1. The quantitative estimate of drug-likeness (QED) is 0.0849. The first-order valence-corrected chi connectivity index (χ1v) is 15.6. The zero-order valence-electron chi connectivity index (χ0n) is 39.4. The highest BCUT2D eigenvalue weighted by Crippen LogP contribution is 2.31. The molecule has 0 atom stereocenters. The average Bonchev–Trinajstić information content (AvgIpc) is 3.70. The summed E-state index contributed by atoms with van der Waals surface area (Å²) in [4.78, 5) is 34.7. The maximum Gasteiger partial charge on any atom is 0.416 e. The first-order chi connectivity index (χ1) is 28.3. The Labute approximate surface area is 296 Å². The number of carbonyl (C=O) groups excluding carboxylic acids is 1. The minimum atomic E-state index is -5.30. The Kier molecular flexibility index (Phi) is 6.64.